The molecule has 0 bridgehead atoms. The molecular formula is C20H19N3O4. The van der Waals surface area contributed by atoms with E-state index in [4.69, 9.17) is 9.47 Å². The van der Waals surface area contributed by atoms with Crippen LogP contribution in [-0.4, -0.2) is 37.1 Å². The number of amides is 2. The first kappa shape index (κ1) is 18.2. The Morgan fingerprint density at radius 2 is 1.74 bits per heavy atom. The molecule has 1 heterocycles. The molecule has 0 spiro atoms. The Morgan fingerprint density at radius 1 is 0.963 bits per heavy atom. The molecular weight excluding hydrogens is 346 g/mol. The summed E-state index contributed by atoms with van der Waals surface area (Å²) in [7, 11) is 1.52. The van der Waals surface area contributed by atoms with E-state index in [-0.39, 0.29) is 19.1 Å². The number of ether oxygens (including phenoxy) is 2. The van der Waals surface area contributed by atoms with Gasteiger partial charge in [0.25, 0.3) is 5.91 Å². The number of nitrogens with one attached hydrogen (secondary N) is 2. The fourth-order valence-corrected chi connectivity index (χ4v) is 2.51. The number of pyridine rings is 1. The summed E-state index contributed by atoms with van der Waals surface area (Å²) in [6.07, 6.45) is 1.66. The average molecular weight is 365 g/mol. The second-order valence-corrected chi connectivity index (χ2v) is 5.65. The zero-order valence-electron chi connectivity index (χ0n) is 14.8. The van der Waals surface area contributed by atoms with Crippen molar-refractivity contribution in [2.75, 3.05) is 25.6 Å². The van der Waals surface area contributed by atoms with Crippen LogP contribution in [0.1, 0.15) is 0 Å². The van der Waals surface area contributed by atoms with Gasteiger partial charge < -0.3 is 20.1 Å². The van der Waals surface area contributed by atoms with Crippen molar-refractivity contribution >= 4 is 28.4 Å². The van der Waals surface area contributed by atoms with Crippen LogP contribution in [0.4, 0.5) is 5.69 Å². The van der Waals surface area contributed by atoms with Crippen molar-refractivity contribution in [2.24, 2.45) is 0 Å². The molecule has 2 amide bonds. The fraction of sp³-hybridized carbons (Fsp3) is 0.150. The van der Waals surface area contributed by atoms with Crippen LogP contribution >= 0.6 is 0 Å². The van der Waals surface area contributed by atoms with Crippen LogP contribution in [0.5, 0.6) is 11.5 Å². The Hall–Kier alpha value is -3.61. The molecule has 27 heavy (non-hydrogen) atoms. The van der Waals surface area contributed by atoms with Crippen molar-refractivity contribution in [3.8, 4) is 11.5 Å². The summed E-state index contributed by atoms with van der Waals surface area (Å²) in [6, 6.07) is 16.3. The molecule has 2 aromatic carbocycles. The molecule has 1 aromatic heterocycles. The monoisotopic (exact) mass is 365 g/mol. The summed E-state index contributed by atoms with van der Waals surface area (Å²) in [4.78, 5) is 28.3. The lowest BCUT2D eigenvalue weighted by Crippen LogP contribution is -2.35. The Kier molecular flexibility index (Phi) is 5.84. The van der Waals surface area contributed by atoms with Gasteiger partial charge in [-0.2, -0.15) is 0 Å². The van der Waals surface area contributed by atoms with Gasteiger partial charge in [-0.05, 0) is 24.3 Å². The highest BCUT2D eigenvalue weighted by Crippen LogP contribution is 2.25. The second kappa shape index (κ2) is 8.66. The number of carbonyl (C=O) groups excluding carboxylic acids is 2. The number of carbonyl (C=O) groups is 2. The largest absolute Gasteiger partial charge is 0.493 e. The smallest absolute Gasteiger partial charge is 0.258 e. The highest BCUT2D eigenvalue weighted by molar-refractivity contribution is 6.01. The number of fused-ring (bicyclic) bond motifs is 1. The summed E-state index contributed by atoms with van der Waals surface area (Å²) in [6.45, 7) is -0.388. The SMILES string of the molecule is COc1ccccc1OCC(=O)NCC(=O)Nc1cccc2cccnc12. The third-order valence-corrected chi connectivity index (χ3v) is 3.78. The van der Waals surface area contributed by atoms with Crippen LogP contribution < -0.4 is 20.1 Å². The lowest BCUT2D eigenvalue weighted by atomic mass is 10.2. The minimum absolute atomic E-state index is 0.169. The maximum absolute atomic E-state index is 12.1. The van der Waals surface area contributed by atoms with Gasteiger partial charge in [0.2, 0.25) is 5.91 Å². The van der Waals surface area contributed by atoms with Crippen LogP contribution in [0.2, 0.25) is 0 Å². The Labute approximate surface area is 156 Å². The van der Waals surface area contributed by atoms with E-state index in [0.29, 0.717) is 22.7 Å². The second-order valence-electron chi connectivity index (χ2n) is 5.65. The Balaban J connectivity index is 1.50. The minimum atomic E-state index is -0.410. The van der Waals surface area contributed by atoms with Crippen molar-refractivity contribution in [3.63, 3.8) is 0 Å². The van der Waals surface area contributed by atoms with Gasteiger partial charge in [0.15, 0.2) is 18.1 Å². The highest BCUT2D eigenvalue weighted by atomic mass is 16.5. The summed E-state index contributed by atoms with van der Waals surface area (Å²) in [5, 5.41) is 6.20. The predicted molar refractivity (Wildman–Crippen MR) is 102 cm³/mol. The van der Waals surface area contributed by atoms with Crippen molar-refractivity contribution in [2.45, 2.75) is 0 Å². The molecule has 7 heteroatoms. The zero-order valence-corrected chi connectivity index (χ0v) is 14.8. The first-order valence-corrected chi connectivity index (χ1v) is 8.33. The fourth-order valence-electron chi connectivity index (χ4n) is 2.51. The van der Waals surface area contributed by atoms with Crippen molar-refractivity contribution < 1.29 is 19.1 Å². The lowest BCUT2D eigenvalue weighted by Gasteiger charge is -2.11. The topological polar surface area (TPSA) is 89.5 Å². The van der Waals surface area contributed by atoms with E-state index in [9.17, 15) is 9.59 Å². The molecule has 3 rings (SSSR count). The van der Waals surface area contributed by atoms with Crippen molar-refractivity contribution in [1.29, 1.82) is 0 Å². The molecule has 0 aliphatic rings. The van der Waals surface area contributed by atoms with Gasteiger partial charge in [-0.3, -0.25) is 14.6 Å². The van der Waals surface area contributed by atoms with E-state index < -0.39 is 5.91 Å². The molecule has 138 valence electrons. The summed E-state index contributed by atoms with van der Waals surface area (Å²) < 4.78 is 10.6. The van der Waals surface area contributed by atoms with E-state index in [2.05, 4.69) is 15.6 Å². The van der Waals surface area contributed by atoms with E-state index in [1.54, 1.807) is 36.5 Å². The predicted octanol–water partition coefficient (Wildman–Crippen LogP) is 2.38. The van der Waals surface area contributed by atoms with Crippen LogP contribution in [0.3, 0.4) is 0 Å². The highest BCUT2D eigenvalue weighted by Gasteiger charge is 2.10. The number of aromatic nitrogens is 1. The summed E-state index contributed by atoms with van der Waals surface area (Å²) in [5.41, 5.74) is 1.29. The van der Waals surface area contributed by atoms with Gasteiger partial charge in [-0.15, -0.1) is 0 Å². The molecule has 7 nitrogen and oxygen atoms in total. The van der Waals surface area contributed by atoms with Crippen LogP contribution in [0.15, 0.2) is 60.8 Å². The molecule has 0 radical (unpaired) electrons. The van der Waals surface area contributed by atoms with Crippen molar-refractivity contribution in [3.05, 3.63) is 60.8 Å². The quantitative estimate of drug-likeness (QED) is 0.671. The number of rotatable bonds is 7. The normalized spacial score (nSPS) is 10.3. The Morgan fingerprint density at radius 3 is 2.56 bits per heavy atom. The molecule has 0 atom stereocenters. The molecule has 0 saturated heterocycles. The standard InChI is InChI=1S/C20H19N3O4/c1-26-16-9-2-3-10-17(16)27-13-19(25)22-12-18(24)23-15-8-4-6-14-7-5-11-21-20(14)15/h2-11H,12-13H2,1H3,(H,22,25)(H,23,24). The van der Waals surface area contributed by atoms with Gasteiger partial charge in [0, 0.05) is 11.6 Å². The third-order valence-electron chi connectivity index (χ3n) is 3.78. The van der Waals surface area contributed by atoms with E-state index in [1.165, 1.54) is 7.11 Å². The van der Waals surface area contributed by atoms with Gasteiger partial charge in [-0.1, -0.05) is 30.3 Å². The van der Waals surface area contributed by atoms with E-state index in [1.807, 2.05) is 24.3 Å². The maximum Gasteiger partial charge on any atom is 0.258 e. The molecule has 0 unspecified atom stereocenters. The van der Waals surface area contributed by atoms with Gasteiger partial charge in [0.1, 0.15) is 0 Å². The first-order valence-electron chi connectivity index (χ1n) is 8.33. The lowest BCUT2D eigenvalue weighted by molar-refractivity contribution is -0.125. The minimum Gasteiger partial charge on any atom is -0.493 e. The number of hydrogen-bond donors (Lipinski definition) is 2. The van der Waals surface area contributed by atoms with Gasteiger partial charge in [0.05, 0.1) is 24.9 Å². The van der Waals surface area contributed by atoms with Crippen molar-refractivity contribution in [1.82, 2.24) is 10.3 Å². The number of methoxy groups -OCH3 is 1. The molecule has 0 fully saturated rings. The van der Waals surface area contributed by atoms with Gasteiger partial charge in [-0.25, -0.2) is 0 Å². The molecule has 3 aromatic rings. The average Bonchev–Trinajstić information content (AvgIpc) is 2.71. The number of anilines is 1. The third kappa shape index (κ3) is 4.72. The first-order chi connectivity index (χ1) is 13.2. The number of nitrogens with zero attached hydrogens (tertiary/aromatic N) is 1. The Bertz CT molecular complexity index is 953. The van der Waals surface area contributed by atoms with E-state index >= 15 is 0 Å². The zero-order chi connectivity index (χ0) is 19.1. The number of benzene rings is 2. The van der Waals surface area contributed by atoms with Crippen LogP contribution in [0, 0.1) is 0 Å². The summed E-state index contributed by atoms with van der Waals surface area (Å²) in [5.74, 6) is 0.235. The molecule has 2 N–H and O–H groups in total. The molecule has 0 saturated carbocycles. The van der Waals surface area contributed by atoms with Crippen LogP contribution in [-0.2, 0) is 9.59 Å². The maximum atomic E-state index is 12.1. The number of hydrogen-bond acceptors (Lipinski definition) is 5. The van der Waals surface area contributed by atoms with Gasteiger partial charge >= 0.3 is 0 Å². The molecule has 0 aliphatic carbocycles. The van der Waals surface area contributed by atoms with Crippen LogP contribution in [0.25, 0.3) is 10.9 Å². The molecule has 0 aliphatic heterocycles. The number of para-hydroxylation sites is 3. The summed E-state index contributed by atoms with van der Waals surface area (Å²) >= 11 is 0. The van der Waals surface area contributed by atoms with E-state index in [0.717, 1.165) is 5.39 Å².